The van der Waals surface area contributed by atoms with Gasteiger partial charge in [0, 0.05) is 11.8 Å². The first kappa shape index (κ1) is 11.7. The van der Waals surface area contributed by atoms with Gasteiger partial charge in [-0.3, -0.25) is 9.48 Å². The Morgan fingerprint density at radius 2 is 2.20 bits per heavy atom. The van der Waals surface area contributed by atoms with E-state index in [4.69, 9.17) is 5.73 Å². The van der Waals surface area contributed by atoms with E-state index in [0.29, 0.717) is 5.56 Å². The minimum absolute atomic E-state index is 0.117. The van der Waals surface area contributed by atoms with Gasteiger partial charge in [0.15, 0.2) is 0 Å². The highest BCUT2D eigenvalue weighted by molar-refractivity contribution is 5.76. The first-order valence-electron chi connectivity index (χ1n) is 4.74. The van der Waals surface area contributed by atoms with Gasteiger partial charge in [-0.25, -0.2) is 0 Å². The molecular formula is C10H17N3O2. The average molecular weight is 211 g/mol. The van der Waals surface area contributed by atoms with Gasteiger partial charge in [-0.1, -0.05) is 0 Å². The molecule has 84 valence electrons. The Morgan fingerprint density at radius 1 is 1.60 bits per heavy atom. The number of ether oxygens (including phenoxy) is 1. The summed E-state index contributed by atoms with van der Waals surface area (Å²) in [5, 5.41) is 4.15. The molecule has 0 fully saturated rings. The van der Waals surface area contributed by atoms with E-state index in [-0.39, 0.29) is 5.54 Å². The summed E-state index contributed by atoms with van der Waals surface area (Å²) in [7, 11) is 1.32. The van der Waals surface area contributed by atoms with Crippen LogP contribution in [0.25, 0.3) is 0 Å². The van der Waals surface area contributed by atoms with E-state index in [0.717, 1.165) is 0 Å². The summed E-state index contributed by atoms with van der Waals surface area (Å²) < 4.78 is 6.33. The number of nitrogens with zero attached hydrogens (tertiary/aromatic N) is 2. The third-order valence-electron chi connectivity index (χ3n) is 2.10. The van der Waals surface area contributed by atoms with Crippen LogP contribution in [0.15, 0.2) is 12.4 Å². The monoisotopic (exact) mass is 211 g/mol. The molecule has 0 radical (unpaired) electrons. The number of hydrogen-bond acceptors (Lipinski definition) is 4. The Labute approximate surface area is 89.2 Å². The van der Waals surface area contributed by atoms with Crippen molar-refractivity contribution >= 4 is 5.97 Å². The number of hydrogen-bond donors (Lipinski definition) is 1. The second kappa shape index (κ2) is 4.02. The Hall–Kier alpha value is -1.36. The van der Waals surface area contributed by atoms with Crippen molar-refractivity contribution in [2.75, 3.05) is 7.11 Å². The Balaban J connectivity index is 2.89. The van der Waals surface area contributed by atoms with Gasteiger partial charge >= 0.3 is 5.97 Å². The standard InChI is InChI=1S/C10H17N3O2/c1-10(2,3)13-6-7(5-12-13)8(11)9(14)15-4/h5-6,8H,11H2,1-4H3. The van der Waals surface area contributed by atoms with Gasteiger partial charge in [0.05, 0.1) is 18.8 Å². The lowest BCUT2D eigenvalue weighted by atomic mass is 10.1. The van der Waals surface area contributed by atoms with E-state index < -0.39 is 12.0 Å². The molecule has 1 unspecified atom stereocenters. The van der Waals surface area contributed by atoms with Crippen LogP contribution in [0, 0.1) is 0 Å². The molecule has 5 nitrogen and oxygen atoms in total. The van der Waals surface area contributed by atoms with Crippen LogP contribution in [-0.4, -0.2) is 22.9 Å². The van der Waals surface area contributed by atoms with Crippen LogP contribution < -0.4 is 5.73 Å². The summed E-state index contributed by atoms with van der Waals surface area (Å²) in [6, 6.07) is -0.758. The Kier molecular flexibility index (Phi) is 3.14. The molecule has 0 saturated heterocycles. The van der Waals surface area contributed by atoms with E-state index in [2.05, 4.69) is 9.84 Å². The van der Waals surface area contributed by atoms with Crippen molar-refractivity contribution in [2.24, 2.45) is 5.73 Å². The highest BCUT2D eigenvalue weighted by Gasteiger charge is 2.21. The van der Waals surface area contributed by atoms with Crippen molar-refractivity contribution in [3.63, 3.8) is 0 Å². The molecule has 0 spiro atoms. The molecule has 0 aromatic carbocycles. The average Bonchev–Trinajstić information content (AvgIpc) is 2.63. The van der Waals surface area contributed by atoms with E-state index in [1.54, 1.807) is 17.1 Å². The van der Waals surface area contributed by atoms with Gasteiger partial charge in [0.25, 0.3) is 0 Å². The molecule has 1 aromatic rings. The Morgan fingerprint density at radius 3 is 2.60 bits per heavy atom. The quantitative estimate of drug-likeness (QED) is 0.735. The number of esters is 1. The van der Waals surface area contributed by atoms with E-state index in [1.165, 1.54) is 7.11 Å². The van der Waals surface area contributed by atoms with Crippen LogP contribution >= 0.6 is 0 Å². The summed E-state index contributed by atoms with van der Waals surface area (Å²) in [5.41, 5.74) is 6.22. The molecule has 0 aliphatic rings. The molecule has 1 aromatic heterocycles. The number of carbonyl (C=O) groups is 1. The predicted octanol–water partition coefficient (Wildman–Crippen LogP) is 0.811. The van der Waals surface area contributed by atoms with Crippen LogP contribution in [0.4, 0.5) is 0 Å². The molecule has 0 bridgehead atoms. The Bertz CT molecular complexity index is 352. The second-order valence-electron chi connectivity index (χ2n) is 4.39. The molecule has 0 saturated carbocycles. The number of rotatable bonds is 2. The maximum Gasteiger partial charge on any atom is 0.327 e. The first-order valence-corrected chi connectivity index (χ1v) is 4.74. The van der Waals surface area contributed by atoms with Crippen LogP contribution in [0.3, 0.4) is 0 Å². The topological polar surface area (TPSA) is 70.1 Å². The molecule has 0 aliphatic heterocycles. The molecule has 1 rings (SSSR count). The minimum atomic E-state index is -0.758. The second-order valence-corrected chi connectivity index (χ2v) is 4.39. The molecule has 0 aliphatic carbocycles. The van der Waals surface area contributed by atoms with E-state index in [9.17, 15) is 4.79 Å². The lowest BCUT2D eigenvalue weighted by molar-refractivity contribution is -0.142. The number of carbonyl (C=O) groups excluding carboxylic acids is 1. The smallest absolute Gasteiger partial charge is 0.327 e. The van der Waals surface area contributed by atoms with Crippen LogP contribution in [0.5, 0.6) is 0 Å². The molecule has 0 amide bonds. The highest BCUT2D eigenvalue weighted by atomic mass is 16.5. The zero-order valence-electron chi connectivity index (χ0n) is 9.52. The fraction of sp³-hybridized carbons (Fsp3) is 0.600. The van der Waals surface area contributed by atoms with Crippen molar-refractivity contribution < 1.29 is 9.53 Å². The summed E-state index contributed by atoms with van der Waals surface area (Å²) in [4.78, 5) is 11.2. The van der Waals surface area contributed by atoms with Crippen molar-refractivity contribution in [1.82, 2.24) is 9.78 Å². The van der Waals surface area contributed by atoms with Gasteiger partial charge in [-0.2, -0.15) is 5.10 Å². The first-order chi connectivity index (χ1) is 6.86. The lowest BCUT2D eigenvalue weighted by Crippen LogP contribution is -2.24. The van der Waals surface area contributed by atoms with Gasteiger partial charge in [-0.15, -0.1) is 0 Å². The van der Waals surface area contributed by atoms with Crippen molar-refractivity contribution in [3.05, 3.63) is 18.0 Å². The summed E-state index contributed by atoms with van der Waals surface area (Å²) in [6.07, 6.45) is 3.36. The van der Waals surface area contributed by atoms with Gasteiger partial charge in [0.2, 0.25) is 0 Å². The molecule has 15 heavy (non-hydrogen) atoms. The predicted molar refractivity (Wildman–Crippen MR) is 56.2 cm³/mol. The largest absolute Gasteiger partial charge is 0.468 e. The normalized spacial score (nSPS) is 13.7. The zero-order valence-corrected chi connectivity index (χ0v) is 9.52. The maximum atomic E-state index is 11.2. The van der Waals surface area contributed by atoms with Crippen molar-refractivity contribution in [2.45, 2.75) is 32.4 Å². The van der Waals surface area contributed by atoms with Crippen molar-refractivity contribution in [1.29, 1.82) is 0 Å². The number of aromatic nitrogens is 2. The lowest BCUT2D eigenvalue weighted by Gasteiger charge is -2.18. The van der Waals surface area contributed by atoms with Gasteiger partial charge in [0.1, 0.15) is 6.04 Å². The fourth-order valence-corrected chi connectivity index (χ4v) is 1.13. The number of methoxy groups -OCH3 is 1. The SMILES string of the molecule is COC(=O)C(N)c1cnn(C(C)(C)C)c1. The minimum Gasteiger partial charge on any atom is -0.468 e. The van der Waals surface area contributed by atoms with Crippen LogP contribution in [0.1, 0.15) is 32.4 Å². The summed E-state index contributed by atoms with van der Waals surface area (Å²) >= 11 is 0. The van der Waals surface area contributed by atoms with Crippen LogP contribution in [-0.2, 0) is 15.1 Å². The molecular weight excluding hydrogens is 194 g/mol. The van der Waals surface area contributed by atoms with Crippen LogP contribution in [0.2, 0.25) is 0 Å². The molecule has 2 N–H and O–H groups in total. The zero-order chi connectivity index (χ0) is 11.6. The van der Waals surface area contributed by atoms with Gasteiger partial charge in [-0.05, 0) is 20.8 Å². The summed E-state index contributed by atoms with van der Waals surface area (Å²) in [6.45, 7) is 6.06. The third-order valence-corrected chi connectivity index (χ3v) is 2.10. The maximum absolute atomic E-state index is 11.2. The fourth-order valence-electron chi connectivity index (χ4n) is 1.13. The third kappa shape index (κ3) is 2.56. The number of nitrogens with two attached hydrogens (primary N) is 1. The molecule has 1 heterocycles. The van der Waals surface area contributed by atoms with Crippen molar-refractivity contribution in [3.8, 4) is 0 Å². The highest BCUT2D eigenvalue weighted by Crippen LogP contribution is 2.16. The van der Waals surface area contributed by atoms with E-state index >= 15 is 0 Å². The summed E-state index contributed by atoms with van der Waals surface area (Å²) in [5.74, 6) is -0.455. The van der Waals surface area contributed by atoms with Gasteiger partial charge < -0.3 is 10.5 Å². The van der Waals surface area contributed by atoms with E-state index in [1.807, 2.05) is 20.8 Å². The molecule has 1 atom stereocenters. The molecule has 5 heteroatoms.